The van der Waals surface area contributed by atoms with Gasteiger partial charge in [-0.2, -0.15) is 0 Å². The molecule has 1 aromatic carbocycles. The third-order valence-electron chi connectivity index (χ3n) is 3.60. The molecule has 0 aliphatic carbocycles. The number of oxime groups is 1. The molecule has 3 N–H and O–H groups in total. The van der Waals surface area contributed by atoms with Crippen molar-refractivity contribution in [3.63, 3.8) is 0 Å². The molecule has 0 atom stereocenters. The van der Waals surface area contributed by atoms with Gasteiger partial charge in [-0.25, -0.2) is 0 Å². The molecule has 0 saturated heterocycles. The summed E-state index contributed by atoms with van der Waals surface area (Å²) in [5.41, 5.74) is 8.94. The van der Waals surface area contributed by atoms with Crippen molar-refractivity contribution in [3.8, 4) is 5.75 Å². The van der Waals surface area contributed by atoms with Gasteiger partial charge in [0.25, 0.3) is 0 Å². The minimum Gasteiger partial charge on any atom is -0.493 e. The smallest absolute Gasteiger partial charge is 0.144 e. The van der Waals surface area contributed by atoms with Gasteiger partial charge in [0.15, 0.2) is 0 Å². The number of hydrogen-bond acceptors (Lipinski definition) is 3. The third-order valence-corrected chi connectivity index (χ3v) is 3.60. The molecule has 112 valence electrons. The van der Waals surface area contributed by atoms with Crippen LogP contribution < -0.4 is 10.5 Å². The predicted octanol–water partition coefficient (Wildman–Crippen LogP) is 3.54. The van der Waals surface area contributed by atoms with Gasteiger partial charge in [-0.05, 0) is 44.7 Å². The van der Waals surface area contributed by atoms with Crippen molar-refractivity contribution < 1.29 is 9.94 Å². The van der Waals surface area contributed by atoms with Gasteiger partial charge in [0.05, 0.1) is 6.61 Å². The van der Waals surface area contributed by atoms with Gasteiger partial charge in [0.2, 0.25) is 0 Å². The van der Waals surface area contributed by atoms with Crippen molar-refractivity contribution >= 4 is 5.84 Å². The summed E-state index contributed by atoms with van der Waals surface area (Å²) in [5.74, 6) is 1.23. The molecular formula is C16H26N2O2. The fourth-order valence-corrected chi connectivity index (χ4v) is 2.35. The van der Waals surface area contributed by atoms with Crippen LogP contribution in [0.15, 0.2) is 17.3 Å². The van der Waals surface area contributed by atoms with E-state index in [1.54, 1.807) is 0 Å². The molecule has 1 aromatic rings. The first-order valence-electron chi connectivity index (χ1n) is 6.96. The third kappa shape index (κ3) is 4.15. The normalized spacial score (nSPS) is 12.6. The second-order valence-corrected chi connectivity index (χ2v) is 6.05. The Hall–Kier alpha value is -1.71. The largest absolute Gasteiger partial charge is 0.493 e. The maximum atomic E-state index is 8.74. The monoisotopic (exact) mass is 278 g/mol. The number of ether oxygens (including phenoxy) is 1. The van der Waals surface area contributed by atoms with E-state index in [4.69, 9.17) is 15.7 Å². The fraction of sp³-hybridized carbons (Fsp3) is 0.562. The number of rotatable bonds is 6. The number of amidine groups is 1. The molecule has 0 spiro atoms. The van der Waals surface area contributed by atoms with E-state index >= 15 is 0 Å². The lowest BCUT2D eigenvalue weighted by molar-refractivity contribution is 0.275. The molecule has 1 rings (SSSR count). The van der Waals surface area contributed by atoms with Crippen molar-refractivity contribution in [2.75, 3.05) is 6.61 Å². The molecule has 0 aliphatic rings. The van der Waals surface area contributed by atoms with E-state index < -0.39 is 0 Å². The van der Waals surface area contributed by atoms with E-state index in [0.717, 1.165) is 29.7 Å². The van der Waals surface area contributed by atoms with E-state index in [1.165, 1.54) is 5.56 Å². The van der Waals surface area contributed by atoms with E-state index in [-0.39, 0.29) is 11.3 Å². The lowest BCUT2D eigenvalue weighted by Gasteiger charge is -2.22. The first kappa shape index (κ1) is 16.3. The summed E-state index contributed by atoms with van der Waals surface area (Å²) in [7, 11) is 0. The molecule has 0 fully saturated rings. The Morgan fingerprint density at radius 3 is 2.30 bits per heavy atom. The summed E-state index contributed by atoms with van der Waals surface area (Å²) in [4.78, 5) is 0. The summed E-state index contributed by atoms with van der Waals surface area (Å²) in [6.45, 7) is 10.8. The van der Waals surface area contributed by atoms with Crippen molar-refractivity contribution in [1.82, 2.24) is 0 Å². The lowest BCUT2D eigenvalue weighted by atomic mass is 9.87. The van der Waals surface area contributed by atoms with Gasteiger partial charge >= 0.3 is 0 Å². The zero-order valence-electron chi connectivity index (χ0n) is 13.2. The van der Waals surface area contributed by atoms with E-state index in [2.05, 4.69) is 38.1 Å². The highest BCUT2D eigenvalue weighted by atomic mass is 16.5. The number of hydrogen-bond donors (Lipinski definition) is 2. The van der Waals surface area contributed by atoms with Gasteiger partial charge in [0.1, 0.15) is 11.6 Å². The summed E-state index contributed by atoms with van der Waals surface area (Å²) >= 11 is 0. The SMILES string of the molecule is Cc1cc(C)c(OCCCC(C)(C)C(N)=NO)c(C)c1. The van der Waals surface area contributed by atoms with Gasteiger partial charge in [0, 0.05) is 5.41 Å². The average molecular weight is 278 g/mol. The Morgan fingerprint density at radius 2 is 1.80 bits per heavy atom. The highest BCUT2D eigenvalue weighted by Gasteiger charge is 2.23. The lowest BCUT2D eigenvalue weighted by Crippen LogP contribution is -2.32. The minimum absolute atomic E-state index is 0.264. The Morgan fingerprint density at radius 1 is 1.25 bits per heavy atom. The van der Waals surface area contributed by atoms with Gasteiger partial charge < -0.3 is 15.7 Å². The van der Waals surface area contributed by atoms with Gasteiger partial charge in [-0.15, -0.1) is 0 Å². The number of benzene rings is 1. The number of nitrogens with zero attached hydrogens (tertiary/aromatic N) is 1. The summed E-state index contributed by atoms with van der Waals surface area (Å²) < 4.78 is 5.89. The summed E-state index contributed by atoms with van der Waals surface area (Å²) in [6, 6.07) is 4.26. The Labute approximate surface area is 121 Å². The molecule has 4 nitrogen and oxygen atoms in total. The summed E-state index contributed by atoms with van der Waals surface area (Å²) in [5, 5.41) is 11.8. The maximum Gasteiger partial charge on any atom is 0.144 e. The molecule has 0 amide bonds. The van der Waals surface area contributed by atoms with Crippen LogP contribution in [-0.4, -0.2) is 17.6 Å². The van der Waals surface area contributed by atoms with Crippen molar-refractivity contribution in [1.29, 1.82) is 0 Å². The van der Waals surface area contributed by atoms with Gasteiger partial charge in [-0.3, -0.25) is 0 Å². The molecule has 0 radical (unpaired) electrons. The van der Waals surface area contributed by atoms with E-state index in [0.29, 0.717) is 6.61 Å². The van der Waals surface area contributed by atoms with Crippen LogP contribution in [0.1, 0.15) is 43.4 Å². The Balaban J connectivity index is 2.54. The first-order chi connectivity index (χ1) is 9.27. The zero-order valence-corrected chi connectivity index (χ0v) is 13.2. The highest BCUT2D eigenvalue weighted by molar-refractivity contribution is 5.85. The summed E-state index contributed by atoms with van der Waals surface area (Å²) in [6.07, 6.45) is 1.67. The molecular weight excluding hydrogens is 252 g/mol. The molecule has 0 aliphatic heterocycles. The van der Waals surface area contributed by atoms with Crippen LogP contribution in [0.2, 0.25) is 0 Å². The second kappa shape index (κ2) is 6.64. The zero-order chi connectivity index (χ0) is 15.3. The Bertz CT molecular complexity index is 470. The van der Waals surface area contributed by atoms with Crippen LogP contribution in [0.5, 0.6) is 5.75 Å². The molecule has 0 saturated carbocycles. The topological polar surface area (TPSA) is 67.8 Å². The molecule has 20 heavy (non-hydrogen) atoms. The number of aryl methyl sites for hydroxylation is 3. The highest BCUT2D eigenvalue weighted by Crippen LogP contribution is 2.26. The van der Waals surface area contributed by atoms with Crippen LogP contribution in [0, 0.1) is 26.2 Å². The molecule has 0 unspecified atom stereocenters. The number of nitrogens with two attached hydrogens (primary N) is 1. The van der Waals surface area contributed by atoms with Crippen LogP contribution in [0.3, 0.4) is 0 Å². The maximum absolute atomic E-state index is 8.74. The minimum atomic E-state index is -0.310. The van der Waals surface area contributed by atoms with E-state index in [9.17, 15) is 0 Å². The first-order valence-corrected chi connectivity index (χ1v) is 6.96. The molecule has 0 bridgehead atoms. The van der Waals surface area contributed by atoms with Crippen LogP contribution >= 0.6 is 0 Å². The van der Waals surface area contributed by atoms with Crippen molar-refractivity contribution in [3.05, 3.63) is 28.8 Å². The molecule has 0 heterocycles. The fourth-order valence-electron chi connectivity index (χ4n) is 2.35. The van der Waals surface area contributed by atoms with Crippen molar-refractivity contribution in [2.45, 2.75) is 47.5 Å². The van der Waals surface area contributed by atoms with Gasteiger partial charge in [-0.1, -0.05) is 36.7 Å². The molecule has 0 aromatic heterocycles. The predicted molar refractivity (Wildman–Crippen MR) is 82.6 cm³/mol. The molecule has 4 heteroatoms. The second-order valence-electron chi connectivity index (χ2n) is 6.05. The Kier molecular flexibility index (Phi) is 5.43. The average Bonchev–Trinajstić information content (AvgIpc) is 2.35. The quantitative estimate of drug-likeness (QED) is 0.275. The van der Waals surface area contributed by atoms with E-state index in [1.807, 2.05) is 13.8 Å². The van der Waals surface area contributed by atoms with Crippen LogP contribution in [-0.2, 0) is 0 Å². The standard InChI is InChI=1S/C16H26N2O2/c1-11-9-12(2)14(13(3)10-11)20-8-6-7-16(4,5)15(17)18-19/h9-10,19H,6-8H2,1-5H3,(H2,17,18). The van der Waals surface area contributed by atoms with Crippen LogP contribution in [0.4, 0.5) is 0 Å². The van der Waals surface area contributed by atoms with Crippen LogP contribution in [0.25, 0.3) is 0 Å². The van der Waals surface area contributed by atoms with Crippen molar-refractivity contribution in [2.24, 2.45) is 16.3 Å².